The lowest BCUT2D eigenvalue weighted by atomic mass is 10.4. The molecule has 16 heavy (non-hydrogen) atoms. The third-order valence-corrected chi connectivity index (χ3v) is 4.89. The highest BCUT2D eigenvalue weighted by molar-refractivity contribution is 8.06. The number of amides is 2. The predicted molar refractivity (Wildman–Crippen MR) is 68.6 cm³/mol. The molecule has 0 aliphatic carbocycles. The van der Waals surface area contributed by atoms with E-state index in [4.69, 9.17) is 5.73 Å². The maximum absolute atomic E-state index is 11.3. The summed E-state index contributed by atoms with van der Waals surface area (Å²) >= 11 is 3.81. The van der Waals surface area contributed by atoms with Crippen molar-refractivity contribution in [1.29, 1.82) is 0 Å². The van der Waals surface area contributed by atoms with Gasteiger partial charge in [0.05, 0.1) is 13.1 Å². The highest BCUT2D eigenvalue weighted by atomic mass is 32.2. The monoisotopic (exact) mass is 263 g/mol. The molecule has 5 nitrogen and oxygen atoms in total. The molecule has 7 heteroatoms. The molecule has 1 fully saturated rings. The molecule has 0 aromatic carbocycles. The molecule has 0 radical (unpaired) electrons. The Morgan fingerprint density at radius 2 is 2.06 bits per heavy atom. The average Bonchev–Trinajstić information content (AvgIpc) is 2.34. The Labute approximate surface area is 104 Å². The SMILES string of the molecule is NCC(=O)NCC(=O)NCC1CSCCS1. The summed E-state index contributed by atoms with van der Waals surface area (Å²) in [4.78, 5) is 22.1. The number of nitrogens with two attached hydrogens (primary N) is 1. The zero-order chi connectivity index (χ0) is 11.8. The van der Waals surface area contributed by atoms with E-state index in [-0.39, 0.29) is 24.9 Å². The number of nitrogens with one attached hydrogen (secondary N) is 2. The summed E-state index contributed by atoms with van der Waals surface area (Å²) in [6.07, 6.45) is 0. The van der Waals surface area contributed by atoms with Gasteiger partial charge in [-0.05, 0) is 0 Å². The molecule has 1 rings (SSSR count). The van der Waals surface area contributed by atoms with Crippen LogP contribution in [-0.4, -0.2) is 54.0 Å². The highest BCUT2D eigenvalue weighted by Crippen LogP contribution is 2.23. The van der Waals surface area contributed by atoms with Crippen LogP contribution in [0.1, 0.15) is 0 Å². The van der Waals surface area contributed by atoms with Gasteiger partial charge in [0.25, 0.3) is 0 Å². The van der Waals surface area contributed by atoms with Gasteiger partial charge >= 0.3 is 0 Å². The van der Waals surface area contributed by atoms with Gasteiger partial charge in [0.2, 0.25) is 11.8 Å². The summed E-state index contributed by atoms with van der Waals surface area (Å²) < 4.78 is 0. The van der Waals surface area contributed by atoms with E-state index in [2.05, 4.69) is 10.6 Å². The van der Waals surface area contributed by atoms with Crippen molar-refractivity contribution in [2.24, 2.45) is 5.73 Å². The lowest BCUT2D eigenvalue weighted by Crippen LogP contribution is -2.42. The van der Waals surface area contributed by atoms with Gasteiger partial charge in [-0.2, -0.15) is 23.5 Å². The van der Waals surface area contributed by atoms with Crippen LogP contribution in [0.5, 0.6) is 0 Å². The van der Waals surface area contributed by atoms with E-state index in [1.807, 2.05) is 23.5 Å². The van der Waals surface area contributed by atoms with Crippen molar-refractivity contribution in [2.75, 3.05) is 36.9 Å². The minimum Gasteiger partial charge on any atom is -0.353 e. The normalized spacial score (nSPS) is 20.2. The summed E-state index contributed by atoms with van der Waals surface area (Å²) in [5, 5.41) is 5.73. The molecule has 0 saturated carbocycles. The number of rotatable bonds is 5. The fourth-order valence-electron chi connectivity index (χ4n) is 1.20. The molecule has 1 heterocycles. The zero-order valence-corrected chi connectivity index (χ0v) is 10.7. The molecule has 92 valence electrons. The summed E-state index contributed by atoms with van der Waals surface area (Å²) in [5.41, 5.74) is 5.10. The van der Waals surface area contributed by atoms with E-state index in [1.54, 1.807) is 0 Å². The second kappa shape index (κ2) is 7.81. The van der Waals surface area contributed by atoms with Crippen LogP contribution in [0.25, 0.3) is 0 Å². The number of carbonyl (C=O) groups excluding carboxylic acids is 2. The third kappa shape index (κ3) is 5.62. The molecule has 2 amide bonds. The van der Waals surface area contributed by atoms with Crippen molar-refractivity contribution < 1.29 is 9.59 Å². The second-order valence-corrected chi connectivity index (χ2v) is 5.91. The van der Waals surface area contributed by atoms with Gasteiger partial charge in [0, 0.05) is 29.1 Å². The minimum atomic E-state index is -0.308. The maximum atomic E-state index is 11.3. The lowest BCUT2D eigenvalue weighted by Gasteiger charge is -2.21. The standard InChI is InChI=1S/C9H17N3O2S2/c10-3-8(13)12-5-9(14)11-4-7-6-15-1-2-16-7/h7H,1-6,10H2,(H,11,14)(H,12,13). The van der Waals surface area contributed by atoms with Crippen molar-refractivity contribution >= 4 is 35.3 Å². The molecule has 1 aliphatic rings. The van der Waals surface area contributed by atoms with E-state index < -0.39 is 0 Å². The van der Waals surface area contributed by atoms with Crippen LogP contribution in [0, 0.1) is 0 Å². The number of hydrogen-bond acceptors (Lipinski definition) is 5. The fraction of sp³-hybridized carbons (Fsp3) is 0.778. The van der Waals surface area contributed by atoms with Gasteiger partial charge < -0.3 is 16.4 Å². The van der Waals surface area contributed by atoms with Crippen LogP contribution in [0.2, 0.25) is 0 Å². The quantitative estimate of drug-likeness (QED) is 0.594. The molecular formula is C9H17N3O2S2. The average molecular weight is 263 g/mol. The largest absolute Gasteiger partial charge is 0.353 e. The van der Waals surface area contributed by atoms with Gasteiger partial charge in [0.15, 0.2) is 0 Å². The van der Waals surface area contributed by atoms with Crippen LogP contribution < -0.4 is 16.4 Å². The first-order valence-corrected chi connectivity index (χ1v) is 7.35. The van der Waals surface area contributed by atoms with Crippen molar-refractivity contribution in [3.63, 3.8) is 0 Å². The van der Waals surface area contributed by atoms with Gasteiger partial charge in [-0.15, -0.1) is 0 Å². The first-order valence-electron chi connectivity index (χ1n) is 5.15. The van der Waals surface area contributed by atoms with E-state index in [0.29, 0.717) is 11.8 Å². The first kappa shape index (κ1) is 13.7. The third-order valence-electron chi connectivity index (χ3n) is 2.04. The van der Waals surface area contributed by atoms with Gasteiger partial charge in [-0.25, -0.2) is 0 Å². The van der Waals surface area contributed by atoms with E-state index in [0.717, 1.165) is 11.5 Å². The first-order chi connectivity index (χ1) is 7.72. The summed E-state index contributed by atoms with van der Waals surface area (Å²) in [6, 6.07) is 0. The molecule has 0 aromatic rings. The van der Waals surface area contributed by atoms with Gasteiger partial charge in [-0.3, -0.25) is 9.59 Å². The Kier molecular flexibility index (Phi) is 6.67. The molecule has 1 atom stereocenters. The van der Waals surface area contributed by atoms with Crippen molar-refractivity contribution in [1.82, 2.24) is 10.6 Å². The minimum absolute atomic E-state index is 0.0144. The maximum Gasteiger partial charge on any atom is 0.239 e. The topological polar surface area (TPSA) is 84.2 Å². The molecule has 1 unspecified atom stereocenters. The Morgan fingerprint density at radius 3 is 2.69 bits per heavy atom. The summed E-state index contributed by atoms with van der Waals surface area (Å²) in [6.45, 7) is 0.609. The van der Waals surface area contributed by atoms with E-state index in [9.17, 15) is 9.59 Å². The van der Waals surface area contributed by atoms with E-state index in [1.165, 1.54) is 5.75 Å². The lowest BCUT2D eigenvalue weighted by molar-refractivity contribution is -0.125. The number of hydrogen-bond donors (Lipinski definition) is 3. The van der Waals surface area contributed by atoms with Crippen LogP contribution in [0.3, 0.4) is 0 Å². The van der Waals surface area contributed by atoms with Gasteiger partial charge in [-0.1, -0.05) is 0 Å². The Balaban J connectivity index is 2.07. The smallest absolute Gasteiger partial charge is 0.239 e. The highest BCUT2D eigenvalue weighted by Gasteiger charge is 2.15. The Bertz CT molecular complexity index is 245. The van der Waals surface area contributed by atoms with E-state index >= 15 is 0 Å². The summed E-state index contributed by atoms with van der Waals surface area (Å²) in [7, 11) is 0. The van der Waals surface area contributed by atoms with Crippen molar-refractivity contribution in [3.8, 4) is 0 Å². The van der Waals surface area contributed by atoms with Crippen molar-refractivity contribution in [2.45, 2.75) is 5.25 Å². The van der Waals surface area contributed by atoms with Crippen LogP contribution >= 0.6 is 23.5 Å². The molecule has 1 aliphatic heterocycles. The Hall–Kier alpha value is -0.400. The predicted octanol–water partition coefficient (Wildman–Crippen LogP) is -0.974. The molecule has 4 N–H and O–H groups in total. The van der Waals surface area contributed by atoms with Gasteiger partial charge in [0.1, 0.15) is 0 Å². The molecule has 1 saturated heterocycles. The number of carbonyl (C=O) groups is 2. The zero-order valence-electron chi connectivity index (χ0n) is 9.03. The molecular weight excluding hydrogens is 246 g/mol. The van der Waals surface area contributed by atoms with Crippen LogP contribution in [-0.2, 0) is 9.59 Å². The number of thioether (sulfide) groups is 2. The summed E-state index contributed by atoms with van der Waals surface area (Å²) in [5.74, 6) is 2.97. The Morgan fingerprint density at radius 1 is 1.25 bits per heavy atom. The fourth-order valence-corrected chi connectivity index (χ4v) is 3.81. The van der Waals surface area contributed by atoms with Crippen molar-refractivity contribution in [3.05, 3.63) is 0 Å². The molecule has 0 aromatic heterocycles. The van der Waals surface area contributed by atoms with Crippen LogP contribution in [0.4, 0.5) is 0 Å². The molecule has 0 spiro atoms. The van der Waals surface area contributed by atoms with Crippen LogP contribution in [0.15, 0.2) is 0 Å². The molecule has 0 bridgehead atoms. The second-order valence-electron chi connectivity index (χ2n) is 3.35.